The Labute approximate surface area is 124 Å². The van der Waals surface area contributed by atoms with Gasteiger partial charge in [0.25, 0.3) is 0 Å². The van der Waals surface area contributed by atoms with Crippen molar-refractivity contribution in [2.45, 2.75) is 18.9 Å². The van der Waals surface area contributed by atoms with Gasteiger partial charge in [0.15, 0.2) is 0 Å². The minimum absolute atomic E-state index is 0.398. The monoisotopic (exact) mass is 377 g/mol. The average molecular weight is 379 g/mol. The number of aliphatic hydroxyl groups is 1. The van der Waals surface area contributed by atoms with Gasteiger partial charge in [0.1, 0.15) is 0 Å². The average Bonchev–Trinajstić information content (AvgIpc) is 3.14. The highest BCUT2D eigenvalue weighted by Gasteiger charge is 2.21. The molecule has 0 spiro atoms. The van der Waals surface area contributed by atoms with Crippen LogP contribution in [0, 0.1) is 5.92 Å². The minimum atomic E-state index is -0.477. The molecule has 18 heavy (non-hydrogen) atoms. The normalized spacial score (nSPS) is 16.6. The molecule has 2 N–H and O–H groups in total. The zero-order valence-corrected chi connectivity index (χ0v) is 13.2. The number of rotatable bonds is 7. The number of ether oxygens (including phenoxy) is 1. The maximum atomic E-state index is 9.79. The summed E-state index contributed by atoms with van der Waals surface area (Å²) in [4.78, 5) is 0. The van der Waals surface area contributed by atoms with Gasteiger partial charge in [-0.25, -0.2) is 0 Å². The van der Waals surface area contributed by atoms with E-state index in [1.54, 1.807) is 0 Å². The molecule has 0 amide bonds. The first-order chi connectivity index (χ1) is 8.65. The van der Waals surface area contributed by atoms with Crippen molar-refractivity contribution in [1.29, 1.82) is 0 Å². The molecule has 2 rings (SSSR count). The predicted molar refractivity (Wildman–Crippen MR) is 79.9 cm³/mol. The zero-order chi connectivity index (χ0) is 13.0. The first kappa shape index (κ1) is 14.3. The number of hydrogen-bond acceptors (Lipinski definition) is 3. The standard InChI is InChI=1S/C13H17Br2NO2/c14-10-3-4-12(15)13(5-10)16-6-11(17)8-18-7-9-1-2-9/h3-5,9,11,16-17H,1-2,6-8H2. The van der Waals surface area contributed by atoms with Crippen molar-refractivity contribution in [1.82, 2.24) is 0 Å². The lowest BCUT2D eigenvalue weighted by atomic mass is 10.3. The molecule has 1 aromatic rings. The SMILES string of the molecule is OC(CNc1cc(Br)ccc1Br)COCC1CC1. The molecule has 0 saturated heterocycles. The summed E-state index contributed by atoms with van der Waals surface area (Å²) in [6.45, 7) is 1.67. The summed E-state index contributed by atoms with van der Waals surface area (Å²) in [6, 6.07) is 5.90. The first-order valence-corrected chi connectivity index (χ1v) is 7.68. The third-order valence-electron chi connectivity index (χ3n) is 2.82. The van der Waals surface area contributed by atoms with Gasteiger partial charge in [0, 0.05) is 27.8 Å². The molecule has 1 aromatic carbocycles. The molecule has 1 fully saturated rings. The Morgan fingerprint density at radius 1 is 1.39 bits per heavy atom. The van der Waals surface area contributed by atoms with Crippen LogP contribution in [0.1, 0.15) is 12.8 Å². The highest BCUT2D eigenvalue weighted by Crippen LogP contribution is 2.29. The molecular formula is C13H17Br2NO2. The molecule has 1 aliphatic rings. The van der Waals surface area contributed by atoms with Crippen molar-refractivity contribution in [3.8, 4) is 0 Å². The van der Waals surface area contributed by atoms with E-state index in [1.807, 2.05) is 18.2 Å². The van der Waals surface area contributed by atoms with Crippen LogP contribution in [0.3, 0.4) is 0 Å². The van der Waals surface area contributed by atoms with Gasteiger partial charge in [-0.3, -0.25) is 0 Å². The van der Waals surface area contributed by atoms with E-state index in [-0.39, 0.29) is 0 Å². The second kappa shape index (κ2) is 6.89. The number of nitrogens with one attached hydrogen (secondary N) is 1. The molecule has 1 saturated carbocycles. The molecule has 5 heteroatoms. The van der Waals surface area contributed by atoms with E-state index < -0.39 is 6.10 Å². The Morgan fingerprint density at radius 3 is 2.89 bits per heavy atom. The molecule has 0 heterocycles. The number of hydrogen-bond donors (Lipinski definition) is 2. The van der Waals surface area contributed by atoms with E-state index in [2.05, 4.69) is 37.2 Å². The van der Waals surface area contributed by atoms with Gasteiger partial charge in [0.05, 0.1) is 12.7 Å². The maximum absolute atomic E-state index is 9.79. The summed E-state index contributed by atoms with van der Waals surface area (Å²) in [5.74, 6) is 0.740. The summed E-state index contributed by atoms with van der Waals surface area (Å²) in [5.41, 5.74) is 0.964. The van der Waals surface area contributed by atoms with Gasteiger partial charge >= 0.3 is 0 Å². The molecule has 1 atom stereocenters. The van der Waals surface area contributed by atoms with Crippen LogP contribution >= 0.6 is 31.9 Å². The van der Waals surface area contributed by atoms with E-state index >= 15 is 0 Å². The Bertz CT molecular complexity index is 397. The third kappa shape index (κ3) is 4.88. The van der Waals surface area contributed by atoms with Crippen LogP contribution in [0.5, 0.6) is 0 Å². The van der Waals surface area contributed by atoms with Crippen LogP contribution in [0.25, 0.3) is 0 Å². The summed E-state index contributed by atoms with van der Waals surface area (Å²) < 4.78 is 7.44. The molecule has 0 aromatic heterocycles. The van der Waals surface area contributed by atoms with Crippen molar-refractivity contribution >= 4 is 37.5 Å². The molecule has 0 bridgehead atoms. The van der Waals surface area contributed by atoms with Crippen molar-refractivity contribution in [2.75, 3.05) is 25.1 Å². The topological polar surface area (TPSA) is 41.5 Å². The van der Waals surface area contributed by atoms with Crippen LogP contribution in [0.15, 0.2) is 27.1 Å². The second-order valence-electron chi connectivity index (χ2n) is 4.64. The van der Waals surface area contributed by atoms with E-state index in [0.29, 0.717) is 13.2 Å². The highest BCUT2D eigenvalue weighted by atomic mass is 79.9. The van der Waals surface area contributed by atoms with Crippen molar-refractivity contribution < 1.29 is 9.84 Å². The number of aliphatic hydroxyl groups excluding tert-OH is 1. The summed E-state index contributed by atoms with van der Waals surface area (Å²) >= 11 is 6.88. The summed E-state index contributed by atoms with van der Waals surface area (Å²) in [6.07, 6.45) is 2.08. The van der Waals surface area contributed by atoms with Crippen molar-refractivity contribution in [3.63, 3.8) is 0 Å². The molecule has 0 radical (unpaired) electrons. The molecule has 1 aliphatic carbocycles. The Hall–Kier alpha value is -0.100. The fourth-order valence-electron chi connectivity index (χ4n) is 1.57. The quantitative estimate of drug-likeness (QED) is 0.763. The van der Waals surface area contributed by atoms with E-state index in [1.165, 1.54) is 12.8 Å². The van der Waals surface area contributed by atoms with Gasteiger partial charge in [-0.05, 0) is 52.9 Å². The van der Waals surface area contributed by atoms with E-state index in [0.717, 1.165) is 27.2 Å². The first-order valence-electron chi connectivity index (χ1n) is 6.10. The van der Waals surface area contributed by atoms with Crippen LogP contribution in [0.2, 0.25) is 0 Å². The van der Waals surface area contributed by atoms with Gasteiger partial charge < -0.3 is 15.2 Å². The fraction of sp³-hybridized carbons (Fsp3) is 0.538. The molecule has 3 nitrogen and oxygen atoms in total. The third-order valence-corrected chi connectivity index (χ3v) is 4.00. The predicted octanol–water partition coefficient (Wildman–Crippen LogP) is 3.41. The lowest BCUT2D eigenvalue weighted by Gasteiger charge is -2.14. The summed E-state index contributed by atoms with van der Waals surface area (Å²) in [7, 11) is 0. The van der Waals surface area contributed by atoms with Gasteiger partial charge in [0.2, 0.25) is 0 Å². The van der Waals surface area contributed by atoms with Crippen LogP contribution < -0.4 is 5.32 Å². The summed E-state index contributed by atoms with van der Waals surface area (Å²) in [5, 5.41) is 13.0. The lowest BCUT2D eigenvalue weighted by Crippen LogP contribution is -2.25. The van der Waals surface area contributed by atoms with Gasteiger partial charge in [-0.15, -0.1) is 0 Å². The van der Waals surface area contributed by atoms with Gasteiger partial charge in [-0.2, -0.15) is 0 Å². The minimum Gasteiger partial charge on any atom is -0.389 e. The highest BCUT2D eigenvalue weighted by molar-refractivity contribution is 9.11. The van der Waals surface area contributed by atoms with Crippen LogP contribution in [-0.2, 0) is 4.74 Å². The largest absolute Gasteiger partial charge is 0.389 e. The Kier molecular flexibility index (Phi) is 5.48. The number of halogens is 2. The van der Waals surface area contributed by atoms with E-state index in [9.17, 15) is 5.11 Å². The van der Waals surface area contributed by atoms with Crippen LogP contribution in [0.4, 0.5) is 5.69 Å². The Balaban J connectivity index is 1.70. The zero-order valence-electron chi connectivity index (χ0n) is 10.0. The fourth-order valence-corrected chi connectivity index (χ4v) is 2.32. The van der Waals surface area contributed by atoms with Crippen LogP contribution in [-0.4, -0.2) is 31.0 Å². The lowest BCUT2D eigenvalue weighted by molar-refractivity contribution is 0.0386. The van der Waals surface area contributed by atoms with Crippen molar-refractivity contribution in [2.24, 2.45) is 5.92 Å². The molecular weight excluding hydrogens is 362 g/mol. The second-order valence-corrected chi connectivity index (χ2v) is 6.41. The molecule has 0 aliphatic heterocycles. The maximum Gasteiger partial charge on any atom is 0.0945 e. The number of benzene rings is 1. The molecule has 100 valence electrons. The number of anilines is 1. The van der Waals surface area contributed by atoms with Crippen molar-refractivity contribution in [3.05, 3.63) is 27.1 Å². The Morgan fingerprint density at radius 2 is 2.17 bits per heavy atom. The van der Waals surface area contributed by atoms with E-state index in [4.69, 9.17) is 4.74 Å². The molecule has 1 unspecified atom stereocenters. The van der Waals surface area contributed by atoms with Gasteiger partial charge in [-0.1, -0.05) is 15.9 Å². The smallest absolute Gasteiger partial charge is 0.0945 e.